The predicted molar refractivity (Wildman–Crippen MR) is 78.8 cm³/mol. The molecule has 4 heteroatoms. The molecule has 0 bridgehead atoms. The molecular formula is C14H23NO2S. The van der Waals surface area contributed by atoms with Crippen molar-refractivity contribution in [2.45, 2.75) is 25.8 Å². The number of rotatable bonds is 8. The fourth-order valence-corrected chi connectivity index (χ4v) is 1.95. The van der Waals surface area contributed by atoms with Crippen LogP contribution in [-0.2, 0) is 6.42 Å². The molecule has 0 saturated carbocycles. The molecule has 0 aliphatic carbocycles. The number of nitrogens with two attached hydrogens (primary N) is 1. The van der Waals surface area contributed by atoms with Crippen LogP contribution in [0.3, 0.4) is 0 Å². The lowest BCUT2D eigenvalue weighted by Crippen LogP contribution is -2.22. The summed E-state index contributed by atoms with van der Waals surface area (Å²) in [5.41, 5.74) is 7.15. The average molecular weight is 269 g/mol. The highest BCUT2D eigenvalue weighted by atomic mass is 32.2. The maximum atomic E-state index is 6.02. The van der Waals surface area contributed by atoms with Crippen molar-refractivity contribution < 1.29 is 9.47 Å². The average Bonchev–Trinajstić information content (AvgIpc) is 2.40. The van der Waals surface area contributed by atoms with E-state index in [-0.39, 0.29) is 6.04 Å². The van der Waals surface area contributed by atoms with Gasteiger partial charge < -0.3 is 15.2 Å². The SMILES string of the molecule is CCC(N)Cc1cccc(OC)c1OCCSC. The van der Waals surface area contributed by atoms with Crippen LogP contribution in [0, 0.1) is 0 Å². The molecule has 0 radical (unpaired) electrons. The number of methoxy groups -OCH3 is 1. The second kappa shape index (κ2) is 8.27. The number of hydrogen-bond acceptors (Lipinski definition) is 4. The molecule has 2 N–H and O–H groups in total. The fourth-order valence-electron chi connectivity index (χ4n) is 1.70. The first-order valence-electron chi connectivity index (χ1n) is 6.26. The van der Waals surface area contributed by atoms with E-state index in [1.165, 1.54) is 0 Å². The zero-order valence-corrected chi connectivity index (χ0v) is 12.3. The molecule has 1 rings (SSSR count). The number of ether oxygens (including phenoxy) is 2. The summed E-state index contributed by atoms with van der Waals surface area (Å²) in [5.74, 6) is 2.60. The molecule has 0 aliphatic heterocycles. The van der Waals surface area contributed by atoms with Crippen molar-refractivity contribution in [1.29, 1.82) is 0 Å². The summed E-state index contributed by atoms with van der Waals surface area (Å²) >= 11 is 1.77. The monoisotopic (exact) mass is 269 g/mol. The highest BCUT2D eigenvalue weighted by molar-refractivity contribution is 7.98. The van der Waals surface area contributed by atoms with Gasteiger partial charge in [-0.25, -0.2) is 0 Å². The highest BCUT2D eigenvalue weighted by Crippen LogP contribution is 2.32. The zero-order chi connectivity index (χ0) is 13.4. The lowest BCUT2D eigenvalue weighted by atomic mass is 10.0. The Balaban J connectivity index is 2.85. The third-order valence-electron chi connectivity index (χ3n) is 2.82. The van der Waals surface area contributed by atoms with Gasteiger partial charge in [0.05, 0.1) is 13.7 Å². The van der Waals surface area contributed by atoms with Gasteiger partial charge in [0.1, 0.15) is 0 Å². The Morgan fingerprint density at radius 1 is 1.39 bits per heavy atom. The van der Waals surface area contributed by atoms with Gasteiger partial charge >= 0.3 is 0 Å². The van der Waals surface area contributed by atoms with E-state index in [1.807, 2.05) is 12.1 Å². The summed E-state index contributed by atoms with van der Waals surface area (Å²) in [6, 6.07) is 6.14. The van der Waals surface area contributed by atoms with Gasteiger partial charge in [0.15, 0.2) is 11.5 Å². The van der Waals surface area contributed by atoms with E-state index in [0.717, 1.165) is 35.7 Å². The molecule has 0 saturated heterocycles. The molecular weight excluding hydrogens is 246 g/mol. The summed E-state index contributed by atoms with van der Waals surface area (Å²) in [5, 5.41) is 0. The van der Waals surface area contributed by atoms with Crippen LogP contribution in [0.4, 0.5) is 0 Å². The maximum Gasteiger partial charge on any atom is 0.164 e. The molecule has 1 aromatic rings. The largest absolute Gasteiger partial charge is 0.493 e. The fraction of sp³-hybridized carbons (Fsp3) is 0.571. The van der Waals surface area contributed by atoms with Crippen LogP contribution in [0.5, 0.6) is 11.5 Å². The van der Waals surface area contributed by atoms with Crippen LogP contribution in [0.25, 0.3) is 0 Å². The van der Waals surface area contributed by atoms with E-state index in [0.29, 0.717) is 6.61 Å². The molecule has 0 aromatic heterocycles. The van der Waals surface area contributed by atoms with Gasteiger partial charge in [0.2, 0.25) is 0 Å². The molecule has 18 heavy (non-hydrogen) atoms. The minimum Gasteiger partial charge on any atom is -0.493 e. The molecule has 102 valence electrons. The van der Waals surface area contributed by atoms with Crippen molar-refractivity contribution in [1.82, 2.24) is 0 Å². The first-order chi connectivity index (χ1) is 8.72. The minimum absolute atomic E-state index is 0.167. The van der Waals surface area contributed by atoms with Gasteiger partial charge in [-0.1, -0.05) is 19.1 Å². The smallest absolute Gasteiger partial charge is 0.164 e. The Morgan fingerprint density at radius 2 is 2.17 bits per heavy atom. The third-order valence-corrected chi connectivity index (χ3v) is 3.40. The summed E-state index contributed by atoms with van der Waals surface area (Å²) in [6.45, 7) is 2.79. The van der Waals surface area contributed by atoms with E-state index >= 15 is 0 Å². The van der Waals surface area contributed by atoms with Gasteiger partial charge in [-0.2, -0.15) is 11.8 Å². The van der Waals surface area contributed by atoms with E-state index in [2.05, 4.69) is 19.2 Å². The second-order valence-electron chi connectivity index (χ2n) is 4.16. The van der Waals surface area contributed by atoms with E-state index < -0.39 is 0 Å². The van der Waals surface area contributed by atoms with E-state index in [1.54, 1.807) is 18.9 Å². The van der Waals surface area contributed by atoms with Crippen molar-refractivity contribution in [2.75, 3.05) is 25.7 Å². The summed E-state index contributed by atoms with van der Waals surface area (Å²) in [6.07, 6.45) is 3.85. The second-order valence-corrected chi connectivity index (χ2v) is 5.15. The molecule has 0 amide bonds. The Bertz CT molecular complexity index is 358. The van der Waals surface area contributed by atoms with Crippen LogP contribution >= 0.6 is 11.8 Å². The van der Waals surface area contributed by atoms with Crippen molar-refractivity contribution in [3.05, 3.63) is 23.8 Å². The standard InChI is InChI=1S/C14H23NO2S/c1-4-12(15)10-11-6-5-7-13(16-2)14(11)17-8-9-18-3/h5-7,12H,4,8-10,15H2,1-3H3. The lowest BCUT2D eigenvalue weighted by Gasteiger charge is -2.17. The Labute approximate surface area is 114 Å². The summed E-state index contributed by atoms with van der Waals surface area (Å²) in [7, 11) is 1.67. The van der Waals surface area contributed by atoms with Crippen LogP contribution in [-0.4, -0.2) is 31.8 Å². The van der Waals surface area contributed by atoms with Crippen molar-refractivity contribution in [3.8, 4) is 11.5 Å². The lowest BCUT2D eigenvalue weighted by molar-refractivity contribution is 0.309. The predicted octanol–water partition coefficient (Wildman–Crippen LogP) is 2.72. The number of thioether (sulfide) groups is 1. The molecule has 1 atom stereocenters. The van der Waals surface area contributed by atoms with Crippen molar-refractivity contribution >= 4 is 11.8 Å². The first kappa shape index (κ1) is 15.2. The Hall–Kier alpha value is -0.870. The summed E-state index contributed by atoms with van der Waals surface area (Å²) in [4.78, 5) is 0. The third kappa shape index (κ3) is 4.42. The summed E-state index contributed by atoms with van der Waals surface area (Å²) < 4.78 is 11.2. The van der Waals surface area contributed by atoms with Gasteiger partial charge in [0, 0.05) is 11.8 Å². The number of hydrogen-bond donors (Lipinski definition) is 1. The molecule has 0 aliphatic rings. The highest BCUT2D eigenvalue weighted by Gasteiger charge is 2.12. The van der Waals surface area contributed by atoms with Crippen LogP contribution < -0.4 is 15.2 Å². The number of para-hydroxylation sites is 1. The molecule has 3 nitrogen and oxygen atoms in total. The topological polar surface area (TPSA) is 44.5 Å². The van der Waals surface area contributed by atoms with Crippen LogP contribution in [0.1, 0.15) is 18.9 Å². The maximum absolute atomic E-state index is 6.02. The van der Waals surface area contributed by atoms with Gasteiger partial charge in [-0.05, 0) is 30.7 Å². The minimum atomic E-state index is 0.167. The molecule has 0 fully saturated rings. The molecule has 0 heterocycles. The van der Waals surface area contributed by atoms with Crippen molar-refractivity contribution in [2.24, 2.45) is 5.73 Å². The van der Waals surface area contributed by atoms with E-state index in [9.17, 15) is 0 Å². The molecule has 0 spiro atoms. The van der Waals surface area contributed by atoms with Crippen LogP contribution in [0.15, 0.2) is 18.2 Å². The molecule has 1 unspecified atom stereocenters. The Kier molecular flexibility index (Phi) is 6.98. The Morgan fingerprint density at radius 3 is 2.78 bits per heavy atom. The van der Waals surface area contributed by atoms with Gasteiger partial charge in [0.25, 0.3) is 0 Å². The van der Waals surface area contributed by atoms with E-state index in [4.69, 9.17) is 15.2 Å². The quantitative estimate of drug-likeness (QED) is 0.737. The zero-order valence-electron chi connectivity index (χ0n) is 11.4. The first-order valence-corrected chi connectivity index (χ1v) is 7.65. The van der Waals surface area contributed by atoms with Crippen molar-refractivity contribution in [3.63, 3.8) is 0 Å². The van der Waals surface area contributed by atoms with Gasteiger partial charge in [-0.3, -0.25) is 0 Å². The number of benzene rings is 1. The van der Waals surface area contributed by atoms with Crippen LogP contribution in [0.2, 0.25) is 0 Å². The normalized spacial score (nSPS) is 12.2. The molecule has 1 aromatic carbocycles. The van der Waals surface area contributed by atoms with Gasteiger partial charge in [-0.15, -0.1) is 0 Å².